The van der Waals surface area contributed by atoms with Gasteiger partial charge in [0.05, 0.1) is 17.9 Å². The molecule has 2 rings (SSSR count). The molecule has 2 aromatic carbocycles. The Morgan fingerprint density at radius 3 is 1.83 bits per heavy atom. The van der Waals surface area contributed by atoms with Crippen molar-refractivity contribution in [1.82, 2.24) is 10.6 Å². The van der Waals surface area contributed by atoms with Gasteiger partial charge < -0.3 is 19.3 Å². The fourth-order valence-corrected chi connectivity index (χ4v) is 2.79. The van der Waals surface area contributed by atoms with E-state index < -0.39 is 29.4 Å². The summed E-state index contributed by atoms with van der Waals surface area (Å²) in [6.45, 7) is 11.8. The van der Waals surface area contributed by atoms with Crippen molar-refractivity contribution in [3.63, 3.8) is 0 Å². The summed E-state index contributed by atoms with van der Waals surface area (Å²) < 4.78 is 15.9. The molecule has 0 aliphatic heterocycles. The van der Waals surface area contributed by atoms with Crippen LogP contribution in [0.3, 0.4) is 0 Å². The van der Waals surface area contributed by atoms with Gasteiger partial charge in [-0.15, -0.1) is 0 Å². The summed E-state index contributed by atoms with van der Waals surface area (Å²) in [6, 6.07) is 11.2. The van der Waals surface area contributed by atoms with Crippen molar-refractivity contribution in [3.8, 4) is 5.75 Å². The molecule has 0 aliphatic carbocycles. The summed E-state index contributed by atoms with van der Waals surface area (Å²) in [6.07, 6.45) is -1.64. The third kappa shape index (κ3) is 9.75. The molecule has 0 bridgehead atoms. The number of alkyl carbamates (subject to hydrolysis) is 2. The highest BCUT2D eigenvalue weighted by atomic mass is 16.6. The van der Waals surface area contributed by atoms with Crippen LogP contribution in [0.25, 0.3) is 0 Å². The van der Waals surface area contributed by atoms with Crippen molar-refractivity contribution >= 4 is 29.8 Å². The summed E-state index contributed by atoms with van der Waals surface area (Å²) >= 11 is 0. The third-order valence-corrected chi connectivity index (χ3v) is 4.23. The highest BCUT2D eigenvalue weighted by Gasteiger charge is 2.21. The first-order valence-electron chi connectivity index (χ1n) is 11.3. The van der Waals surface area contributed by atoms with E-state index in [1.807, 2.05) is 0 Å². The number of benzene rings is 2. The standard InChI is InChI=1S/C26H33N3O7/c1-16-14-18(10-13-20(16)21(31)34-19-11-8-17(15-30)9-12-19)27-22(28-23(32)35-25(2,3)4)29-24(33)36-26(5,6)7/h8-14,30H,15H2,1-7H3,(H2,27,28,29,32,33). The number of rotatable bonds is 4. The van der Waals surface area contributed by atoms with Crippen LogP contribution in [0.5, 0.6) is 5.75 Å². The molecule has 0 saturated heterocycles. The minimum atomic E-state index is -0.818. The quantitative estimate of drug-likeness (QED) is 0.239. The van der Waals surface area contributed by atoms with E-state index in [0.29, 0.717) is 28.1 Å². The molecule has 0 aliphatic rings. The number of esters is 1. The molecule has 0 fully saturated rings. The van der Waals surface area contributed by atoms with Crippen molar-refractivity contribution in [3.05, 3.63) is 59.2 Å². The van der Waals surface area contributed by atoms with Gasteiger partial charge in [-0.1, -0.05) is 12.1 Å². The van der Waals surface area contributed by atoms with E-state index in [1.54, 1.807) is 78.8 Å². The number of carbonyl (C=O) groups excluding carboxylic acids is 3. The van der Waals surface area contributed by atoms with Crippen LogP contribution >= 0.6 is 0 Å². The Morgan fingerprint density at radius 1 is 0.861 bits per heavy atom. The van der Waals surface area contributed by atoms with Crippen LogP contribution in [0.15, 0.2) is 47.5 Å². The third-order valence-electron chi connectivity index (χ3n) is 4.23. The van der Waals surface area contributed by atoms with Gasteiger partial charge in [-0.3, -0.25) is 10.6 Å². The number of nitrogens with zero attached hydrogens (tertiary/aromatic N) is 1. The molecule has 0 aromatic heterocycles. The van der Waals surface area contributed by atoms with Crippen LogP contribution < -0.4 is 15.4 Å². The summed E-state index contributed by atoms with van der Waals surface area (Å²) in [5.74, 6) is -0.444. The van der Waals surface area contributed by atoms with E-state index in [0.717, 1.165) is 0 Å². The zero-order valence-electron chi connectivity index (χ0n) is 21.6. The number of hydrogen-bond donors (Lipinski definition) is 3. The first-order chi connectivity index (χ1) is 16.6. The van der Waals surface area contributed by atoms with Gasteiger partial charge in [0.15, 0.2) is 0 Å². The molecule has 10 heteroatoms. The van der Waals surface area contributed by atoms with Gasteiger partial charge >= 0.3 is 18.2 Å². The Labute approximate surface area is 210 Å². The molecule has 3 N–H and O–H groups in total. The van der Waals surface area contributed by atoms with E-state index in [9.17, 15) is 14.4 Å². The van der Waals surface area contributed by atoms with Crippen molar-refractivity contribution in [2.24, 2.45) is 4.99 Å². The van der Waals surface area contributed by atoms with Gasteiger partial charge in [0.1, 0.15) is 17.0 Å². The Hall–Kier alpha value is -3.92. The highest BCUT2D eigenvalue weighted by molar-refractivity contribution is 6.02. The minimum Gasteiger partial charge on any atom is -0.444 e. The van der Waals surface area contributed by atoms with Crippen molar-refractivity contribution in [1.29, 1.82) is 0 Å². The number of aliphatic imine (C=N–C) groups is 1. The zero-order valence-corrected chi connectivity index (χ0v) is 21.6. The zero-order chi connectivity index (χ0) is 27.1. The number of amides is 2. The highest BCUT2D eigenvalue weighted by Crippen LogP contribution is 2.21. The Morgan fingerprint density at radius 2 is 1.39 bits per heavy atom. The monoisotopic (exact) mass is 499 g/mol. The SMILES string of the molecule is Cc1cc(N=C(NC(=O)OC(C)(C)C)NC(=O)OC(C)(C)C)ccc1C(=O)Oc1ccc(CO)cc1. The maximum atomic E-state index is 12.6. The Kier molecular flexibility index (Phi) is 9.18. The molecule has 0 spiro atoms. The van der Waals surface area contributed by atoms with E-state index >= 15 is 0 Å². The largest absolute Gasteiger partial charge is 0.444 e. The molecule has 0 atom stereocenters. The van der Waals surface area contributed by atoms with E-state index in [-0.39, 0.29) is 12.6 Å². The predicted molar refractivity (Wildman–Crippen MR) is 134 cm³/mol. The molecular formula is C26H33N3O7. The van der Waals surface area contributed by atoms with Gasteiger partial charge in [-0.05, 0) is 89.9 Å². The van der Waals surface area contributed by atoms with Crippen LogP contribution in [-0.4, -0.2) is 40.4 Å². The molecule has 10 nitrogen and oxygen atoms in total. The van der Waals surface area contributed by atoms with Crippen molar-refractivity contribution in [2.45, 2.75) is 66.3 Å². The minimum absolute atomic E-state index is 0.108. The summed E-state index contributed by atoms with van der Waals surface area (Å²) in [7, 11) is 0. The first kappa shape index (κ1) is 28.3. The first-order valence-corrected chi connectivity index (χ1v) is 11.3. The topological polar surface area (TPSA) is 136 Å². The lowest BCUT2D eigenvalue weighted by Crippen LogP contribution is -2.47. The molecule has 2 amide bonds. The molecule has 36 heavy (non-hydrogen) atoms. The van der Waals surface area contributed by atoms with E-state index in [4.69, 9.17) is 19.3 Å². The molecular weight excluding hydrogens is 466 g/mol. The smallest absolute Gasteiger partial charge is 0.414 e. The van der Waals surface area contributed by atoms with Gasteiger partial charge in [-0.2, -0.15) is 0 Å². The number of nitrogens with one attached hydrogen (secondary N) is 2. The second-order valence-corrected chi connectivity index (χ2v) is 9.91. The number of guanidine groups is 1. The molecule has 0 heterocycles. The average Bonchev–Trinajstić information content (AvgIpc) is 2.71. The van der Waals surface area contributed by atoms with Crippen LogP contribution in [0.1, 0.15) is 63.0 Å². The predicted octanol–water partition coefficient (Wildman–Crippen LogP) is 4.74. The number of ether oxygens (including phenoxy) is 3. The fourth-order valence-electron chi connectivity index (χ4n) is 2.79. The maximum absolute atomic E-state index is 12.6. The van der Waals surface area contributed by atoms with E-state index in [1.165, 1.54) is 12.1 Å². The van der Waals surface area contributed by atoms with Crippen LogP contribution in [-0.2, 0) is 16.1 Å². The Balaban J connectivity index is 2.24. The molecule has 0 unspecified atom stereocenters. The lowest BCUT2D eigenvalue weighted by atomic mass is 10.1. The molecule has 2 aromatic rings. The van der Waals surface area contributed by atoms with Crippen LogP contribution in [0.4, 0.5) is 15.3 Å². The Bertz CT molecular complexity index is 1100. The maximum Gasteiger partial charge on any atom is 0.414 e. The van der Waals surface area contributed by atoms with Gasteiger partial charge in [0, 0.05) is 0 Å². The molecule has 194 valence electrons. The van der Waals surface area contributed by atoms with Gasteiger partial charge in [-0.25, -0.2) is 19.4 Å². The number of aliphatic hydroxyl groups is 1. The van der Waals surface area contributed by atoms with Gasteiger partial charge in [0.25, 0.3) is 0 Å². The van der Waals surface area contributed by atoms with Gasteiger partial charge in [0.2, 0.25) is 5.96 Å². The summed E-state index contributed by atoms with van der Waals surface area (Å²) in [5, 5.41) is 13.9. The molecule has 0 saturated carbocycles. The van der Waals surface area contributed by atoms with Crippen LogP contribution in [0, 0.1) is 6.92 Å². The number of aliphatic hydroxyl groups excluding tert-OH is 1. The van der Waals surface area contributed by atoms with Crippen molar-refractivity contribution < 1.29 is 33.7 Å². The fraction of sp³-hybridized carbons (Fsp3) is 0.385. The molecule has 0 radical (unpaired) electrons. The lowest BCUT2D eigenvalue weighted by molar-refractivity contribution is 0.0544. The summed E-state index contributed by atoms with van der Waals surface area (Å²) in [5.41, 5.74) is 0.377. The normalized spacial score (nSPS) is 11.2. The number of aryl methyl sites for hydroxylation is 1. The lowest BCUT2D eigenvalue weighted by Gasteiger charge is -2.22. The second-order valence-electron chi connectivity index (χ2n) is 9.91. The number of carbonyl (C=O) groups is 3. The second kappa shape index (κ2) is 11.7. The van der Waals surface area contributed by atoms with Crippen molar-refractivity contribution in [2.75, 3.05) is 0 Å². The average molecular weight is 500 g/mol. The summed E-state index contributed by atoms with van der Waals surface area (Å²) in [4.78, 5) is 41.4. The van der Waals surface area contributed by atoms with E-state index in [2.05, 4.69) is 15.6 Å². The van der Waals surface area contributed by atoms with Crippen LogP contribution in [0.2, 0.25) is 0 Å². The number of hydrogen-bond acceptors (Lipinski definition) is 8.